The lowest BCUT2D eigenvalue weighted by molar-refractivity contribution is 0.415. The molecular formula is C16H13BrClNO2. The first-order chi connectivity index (χ1) is 10.2. The molecule has 3 nitrogen and oxygen atoms in total. The van der Waals surface area contributed by atoms with Crippen LogP contribution in [-0.2, 0) is 6.54 Å². The van der Waals surface area contributed by atoms with Crippen LogP contribution in [0.1, 0.15) is 5.56 Å². The molecule has 0 aliphatic heterocycles. The van der Waals surface area contributed by atoms with E-state index >= 15 is 0 Å². The Kier molecular flexibility index (Phi) is 4.08. The van der Waals surface area contributed by atoms with E-state index in [-0.39, 0.29) is 0 Å². The third kappa shape index (κ3) is 2.87. The van der Waals surface area contributed by atoms with Gasteiger partial charge in [0, 0.05) is 28.0 Å². The van der Waals surface area contributed by atoms with Crippen LogP contribution in [0.25, 0.3) is 11.0 Å². The van der Waals surface area contributed by atoms with Crippen molar-refractivity contribution in [1.29, 1.82) is 0 Å². The molecule has 0 spiro atoms. The number of furan rings is 1. The largest absolute Gasteiger partial charge is 0.497 e. The predicted octanol–water partition coefficient (Wildman–Crippen LogP) is 5.47. The Bertz CT molecular complexity index is 785. The Hall–Kier alpha value is -1.65. The minimum Gasteiger partial charge on any atom is -0.497 e. The summed E-state index contributed by atoms with van der Waals surface area (Å²) in [6.07, 6.45) is 0. The molecule has 3 rings (SSSR count). The average molecular weight is 367 g/mol. The number of halogens is 2. The van der Waals surface area contributed by atoms with Gasteiger partial charge in [0.15, 0.2) is 5.22 Å². The van der Waals surface area contributed by atoms with E-state index in [0.717, 1.165) is 32.4 Å². The second-order valence-corrected chi connectivity index (χ2v) is 5.75. The zero-order chi connectivity index (χ0) is 14.8. The van der Waals surface area contributed by atoms with Gasteiger partial charge in [0.2, 0.25) is 0 Å². The van der Waals surface area contributed by atoms with Gasteiger partial charge in [0.1, 0.15) is 11.3 Å². The topological polar surface area (TPSA) is 34.4 Å². The molecule has 0 aliphatic carbocycles. The first kappa shape index (κ1) is 14.3. The van der Waals surface area contributed by atoms with Crippen molar-refractivity contribution in [3.63, 3.8) is 0 Å². The van der Waals surface area contributed by atoms with Crippen LogP contribution in [0.3, 0.4) is 0 Å². The van der Waals surface area contributed by atoms with Crippen LogP contribution in [0.5, 0.6) is 5.75 Å². The van der Waals surface area contributed by atoms with Gasteiger partial charge in [0.25, 0.3) is 0 Å². The van der Waals surface area contributed by atoms with Crippen LogP contribution in [0.15, 0.2) is 51.4 Å². The summed E-state index contributed by atoms with van der Waals surface area (Å²) in [6.45, 7) is 0.571. The Morgan fingerprint density at radius 3 is 2.86 bits per heavy atom. The summed E-state index contributed by atoms with van der Waals surface area (Å²) in [7, 11) is 1.65. The van der Waals surface area contributed by atoms with Crippen molar-refractivity contribution < 1.29 is 9.15 Å². The molecular weight excluding hydrogens is 354 g/mol. The van der Waals surface area contributed by atoms with E-state index in [0.29, 0.717) is 11.8 Å². The minimum atomic E-state index is 0.419. The number of benzene rings is 2. The van der Waals surface area contributed by atoms with Crippen LogP contribution in [0, 0.1) is 0 Å². The predicted molar refractivity (Wildman–Crippen MR) is 89.2 cm³/mol. The molecule has 0 aliphatic rings. The van der Waals surface area contributed by atoms with Gasteiger partial charge in [-0.3, -0.25) is 0 Å². The number of hydrogen-bond acceptors (Lipinski definition) is 3. The highest BCUT2D eigenvalue weighted by molar-refractivity contribution is 9.10. The van der Waals surface area contributed by atoms with Crippen LogP contribution < -0.4 is 10.1 Å². The number of nitrogens with one attached hydrogen (secondary N) is 1. The van der Waals surface area contributed by atoms with Crippen LogP contribution in [0.2, 0.25) is 5.22 Å². The summed E-state index contributed by atoms with van der Waals surface area (Å²) < 4.78 is 11.8. The standard InChI is InChI=1S/C16H13BrClNO2/c1-20-10-6-7-13(17)14(8-10)19-9-12-11-4-2-3-5-15(11)21-16(12)18/h2-8,19H,9H2,1H3. The first-order valence-corrected chi connectivity index (χ1v) is 7.59. The molecule has 3 aromatic rings. The summed E-state index contributed by atoms with van der Waals surface area (Å²) in [4.78, 5) is 0. The number of rotatable bonds is 4. The van der Waals surface area contributed by atoms with Gasteiger partial charge in [-0.25, -0.2) is 0 Å². The Morgan fingerprint density at radius 1 is 1.24 bits per heavy atom. The van der Waals surface area contributed by atoms with Crippen molar-refractivity contribution in [3.8, 4) is 5.75 Å². The van der Waals surface area contributed by atoms with Crippen molar-refractivity contribution in [2.24, 2.45) is 0 Å². The fourth-order valence-electron chi connectivity index (χ4n) is 2.18. The van der Waals surface area contributed by atoms with E-state index in [1.165, 1.54) is 0 Å². The van der Waals surface area contributed by atoms with Gasteiger partial charge in [-0.15, -0.1) is 0 Å². The zero-order valence-electron chi connectivity index (χ0n) is 11.3. The van der Waals surface area contributed by atoms with E-state index in [9.17, 15) is 0 Å². The Labute approximate surface area is 136 Å². The number of fused-ring (bicyclic) bond motifs is 1. The number of methoxy groups -OCH3 is 1. The summed E-state index contributed by atoms with van der Waals surface area (Å²) in [6, 6.07) is 13.6. The molecule has 0 saturated heterocycles. The third-order valence-electron chi connectivity index (χ3n) is 3.28. The van der Waals surface area contributed by atoms with Crippen LogP contribution in [-0.4, -0.2) is 7.11 Å². The summed E-state index contributed by atoms with van der Waals surface area (Å²) >= 11 is 9.71. The Morgan fingerprint density at radius 2 is 2.05 bits per heavy atom. The van der Waals surface area contributed by atoms with Gasteiger partial charge >= 0.3 is 0 Å². The van der Waals surface area contributed by atoms with E-state index in [1.807, 2.05) is 42.5 Å². The SMILES string of the molecule is COc1ccc(Br)c(NCc2c(Cl)oc3ccccc23)c1. The number of para-hydroxylation sites is 1. The van der Waals surface area contributed by atoms with Gasteiger partial charge < -0.3 is 14.5 Å². The summed E-state index contributed by atoms with van der Waals surface area (Å²) in [5.74, 6) is 0.795. The zero-order valence-corrected chi connectivity index (χ0v) is 13.7. The maximum Gasteiger partial charge on any atom is 0.199 e. The molecule has 0 amide bonds. The normalized spacial score (nSPS) is 10.8. The van der Waals surface area contributed by atoms with Gasteiger partial charge in [-0.1, -0.05) is 18.2 Å². The van der Waals surface area contributed by atoms with E-state index in [4.69, 9.17) is 20.8 Å². The lowest BCUT2D eigenvalue weighted by Crippen LogP contribution is -2.00. The fraction of sp³-hybridized carbons (Fsp3) is 0.125. The van der Waals surface area contributed by atoms with Crippen LogP contribution >= 0.6 is 27.5 Å². The molecule has 0 bridgehead atoms. The molecule has 0 fully saturated rings. The van der Waals surface area contributed by atoms with Crippen molar-refractivity contribution in [2.45, 2.75) is 6.54 Å². The van der Waals surface area contributed by atoms with Gasteiger partial charge in [0.05, 0.1) is 12.8 Å². The highest BCUT2D eigenvalue weighted by Gasteiger charge is 2.12. The molecule has 0 radical (unpaired) electrons. The van der Waals surface area contributed by atoms with Crippen molar-refractivity contribution in [2.75, 3.05) is 12.4 Å². The van der Waals surface area contributed by atoms with Crippen molar-refractivity contribution in [1.82, 2.24) is 0 Å². The molecule has 0 unspecified atom stereocenters. The summed E-state index contributed by atoms with van der Waals surface area (Å²) in [5, 5.41) is 4.79. The van der Waals surface area contributed by atoms with Gasteiger partial charge in [-0.05, 0) is 45.7 Å². The summed E-state index contributed by atoms with van der Waals surface area (Å²) in [5.41, 5.74) is 2.68. The quantitative estimate of drug-likeness (QED) is 0.665. The average Bonchev–Trinajstić information content (AvgIpc) is 2.82. The first-order valence-electron chi connectivity index (χ1n) is 6.42. The van der Waals surface area contributed by atoms with Crippen molar-refractivity contribution in [3.05, 3.63) is 57.7 Å². The molecule has 21 heavy (non-hydrogen) atoms. The second kappa shape index (κ2) is 6.00. The molecule has 5 heteroatoms. The van der Waals surface area contributed by atoms with E-state index in [2.05, 4.69) is 21.2 Å². The van der Waals surface area contributed by atoms with E-state index in [1.54, 1.807) is 7.11 Å². The van der Waals surface area contributed by atoms with E-state index < -0.39 is 0 Å². The fourth-order valence-corrected chi connectivity index (χ4v) is 2.82. The maximum atomic E-state index is 6.19. The lowest BCUT2D eigenvalue weighted by Gasteiger charge is -2.10. The van der Waals surface area contributed by atoms with Gasteiger partial charge in [-0.2, -0.15) is 0 Å². The third-order valence-corrected chi connectivity index (χ3v) is 4.27. The smallest absolute Gasteiger partial charge is 0.199 e. The van der Waals surface area contributed by atoms with Crippen LogP contribution in [0.4, 0.5) is 5.69 Å². The lowest BCUT2D eigenvalue weighted by atomic mass is 10.1. The maximum absolute atomic E-state index is 6.19. The molecule has 1 aromatic heterocycles. The highest BCUT2D eigenvalue weighted by atomic mass is 79.9. The molecule has 108 valence electrons. The highest BCUT2D eigenvalue weighted by Crippen LogP contribution is 2.32. The Balaban J connectivity index is 1.88. The number of hydrogen-bond donors (Lipinski definition) is 1. The molecule has 2 aromatic carbocycles. The van der Waals surface area contributed by atoms with Crippen molar-refractivity contribution >= 4 is 44.2 Å². The number of anilines is 1. The molecule has 0 saturated carbocycles. The minimum absolute atomic E-state index is 0.419. The molecule has 0 atom stereocenters. The molecule has 1 heterocycles. The monoisotopic (exact) mass is 365 g/mol. The number of ether oxygens (including phenoxy) is 1. The molecule has 1 N–H and O–H groups in total. The second-order valence-electron chi connectivity index (χ2n) is 4.55.